The van der Waals surface area contributed by atoms with Crippen molar-refractivity contribution < 1.29 is 46.5 Å². The molecule has 2 aromatic carbocycles. The standard InChI is InChI=1S/C9H7.C4H4N.C2H6Si.2ClH.Ti/c1-2-5-9-7-3-6-8(9)4-1;1-2-4-5-3-1;1-3-2;;;/h1-7H;1-3,5H;1-2H3;2*1H;/q2*-1;;;;+4/p-2. The summed E-state index contributed by atoms with van der Waals surface area (Å²) in [6.45, 7) is 4.31. The van der Waals surface area contributed by atoms with Gasteiger partial charge in [0.15, 0.2) is 0 Å². The third kappa shape index (κ3) is 10.4. The Labute approximate surface area is 151 Å². The van der Waals surface area contributed by atoms with E-state index < -0.39 is 0 Å². The van der Waals surface area contributed by atoms with Gasteiger partial charge in [-0.1, -0.05) is 19.2 Å². The molecule has 0 fully saturated rings. The summed E-state index contributed by atoms with van der Waals surface area (Å²) in [6.07, 6.45) is 4.56. The van der Waals surface area contributed by atoms with Crippen LogP contribution in [0, 0.1) is 6.20 Å². The first-order chi connectivity index (χ1) is 8.38. The van der Waals surface area contributed by atoms with Gasteiger partial charge in [-0.3, -0.25) is 0 Å². The smallest absolute Gasteiger partial charge is 1.00 e. The SMILES string of the molecule is C[Si]C.[Cl-].[Cl-].[Ti+4].[c-]1ccc[nH]1.c1ccc2[cH-]ccc2c1. The third-order valence-electron chi connectivity index (χ3n) is 1.99. The van der Waals surface area contributed by atoms with Crippen molar-refractivity contribution in [3.63, 3.8) is 0 Å². The molecule has 0 atom stereocenters. The summed E-state index contributed by atoms with van der Waals surface area (Å²) in [7, 11) is 1.08. The minimum atomic E-state index is 0. The zero-order valence-corrected chi connectivity index (χ0v) is 15.6. The first kappa shape index (κ1) is 24.6. The van der Waals surface area contributed by atoms with Crippen LogP contribution in [0.1, 0.15) is 0 Å². The van der Waals surface area contributed by atoms with Crippen LogP contribution in [0.25, 0.3) is 10.8 Å². The molecule has 1 N–H and O–H groups in total. The summed E-state index contributed by atoms with van der Waals surface area (Å²) in [5.41, 5.74) is 0. The van der Waals surface area contributed by atoms with Crippen molar-refractivity contribution in [2.24, 2.45) is 0 Å². The van der Waals surface area contributed by atoms with E-state index in [1.165, 1.54) is 10.8 Å². The number of aromatic nitrogens is 1. The van der Waals surface area contributed by atoms with E-state index >= 15 is 0 Å². The summed E-state index contributed by atoms with van der Waals surface area (Å²) in [5, 5.41) is 2.66. The minimum Gasteiger partial charge on any atom is -1.00 e. The largest absolute Gasteiger partial charge is 4.00 e. The monoisotopic (exact) mass is 357 g/mol. The van der Waals surface area contributed by atoms with Gasteiger partial charge < -0.3 is 29.8 Å². The Kier molecular flexibility index (Phi) is 20.5. The second kappa shape index (κ2) is 16.7. The molecule has 0 aliphatic rings. The van der Waals surface area contributed by atoms with E-state index in [2.05, 4.69) is 66.7 Å². The average molecular weight is 358 g/mol. The molecule has 3 aromatic rings. The van der Waals surface area contributed by atoms with Crippen LogP contribution in [-0.4, -0.2) is 14.5 Å². The Balaban J connectivity index is -0.000000231. The van der Waals surface area contributed by atoms with Gasteiger partial charge in [0.05, 0.1) is 0 Å². The van der Waals surface area contributed by atoms with Crippen molar-refractivity contribution in [3.05, 3.63) is 67.0 Å². The summed E-state index contributed by atoms with van der Waals surface area (Å²) in [5.74, 6) is 0. The van der Waals surface area contributed by atoms with Gasteiger partial charge in [0.25, 0.3) is 0 Å². The number of rotatable bonds is 0. The van der Waals surface area contributed by atoms with Gasteiger partial charge in [0.1, 0.15) is 0 Å². The molecular weight excluding hydrogens is 341 g/mol. The number of halogens is 2. The maximum absolute atomic E-state index is 2.74. The van der Waals surface area contributed by atoms with Crippen LogP contribution in [0.15, 0.2) is 60.8 Å². The van der Waals surface area contributed by atoms with Crippen molar-refractivity contribution in [3.8, 4) is 0 Å². The molecule has 0 spiro atoms. The summed E-state index contributed by atoms with van der Waals surface area (Å²) in [4.78, 5) is 2.74. The summed E-state index contributed by atoms with van der Waals surface area (Å²) >= 11 is 0. The Morgan fingerprint density at radius 1 is 1.05 bits per heavy atom. The zero-order chi connectivity index (χ0) is 12.3. The van der Waals surface area contributed by atoms with Crippen LogP contribution in [-0.2, 0) is 21.7 Å². The van der Waals surface area contributed by atoms with Crippen LogP contribution >= 0.6 is 0 Å². The molecule has 1 aromatic heterocycles. The quantitative estimate of drug-likeness (QED) is 0.360. The normalized spacial score (nSPS) is 7.50. The van der Waals surface area contributed by atoms with Gasteiger partial charge in [-0.15, -0.1) is 35.8 Å². The first-order valence-electron chi connectivity index (χ1n) is 5.57. The number of nitrogens with one attached hydrogen (secondary N) is 1. The molecule has 1 heterocycles. The van der Waals surface area contributed by atoms with Crippen LogP contribution in [0.4, 0.5) is 0 Å². The summed E-state index contributed by atoms with van der Waals surface area (Å²) < 4.78 is 0. The predicted octanol–water partition coefficient (Wildman–Crippen LogP) is -1.83. The second-order valence-electron chi connectivity index (χ2n) is 3.47. The predicted molar refractivity (Wildman–Crippen MR) is 76.7 cm³/mol. The number of H-pyrrole nitrogens is 1. The van der Waals surface area contributed by atoms with E-state index in [0.717, 1.165) is 9.52 Å². The van der Waals surface area contributed by atoms with Crippen LogP contribution in [0.2, 0.25) is 13.1 Å². The van der Waals surface area contributed by atoms with E-state index in [0.29, 0.717) is 0 Å². The fraction of sp³-hybridized carbons (Fsp3) is 0.133. The zero-order valence-electron chi connectivity index (χ0n) is 11.5. The molecular formula is C15H17Cl2NSiTi. The van der Waals surface area contributed by atoms with E-state index in [1.807, 2.05) is 18.3 Å². The van der Waals surface area contributed by atoms with Crippen molar-refractivity contribution in [1.82, 2.24) is 4.98 Å². The van der Waals surface area contributed by atoms with Crippen molar-refractivity contribution in [1.29, 1.82) is 0 Å². The molecule has 0 saturated carbocycles. The van der Waals surface area contributed by atoms with E-state index in [4.69, 9.17) is 0 Å². The van der Waals surface area contributed by atoms with Crippen molar-refractivity contribution in [2.75, 3.05) is 0 Å². The molecule has 1 nitrogen and oxygen atoms in total. The maximum atomic E-state index is 2.74. The van der Waals surface area contributed by atoms with Gasteiger partial charge in [-0.05, 0) is 0 Å². The fourth-order valence-electron chi connectivity index (χ4n) is 1.31. The molecule has 104 valence electrons. The Hall–Kier alpha value is -0.379. The van der Waals surface area contributed by atoms with E-state index in [1.54, 1.807) is 0 Å². The molecule has 0 bridgehead atoms. The van der Waals surface area contributed by atoms with Gasteiger partial charge >= 0.3 is 21.7 Å². The van der Waals surface area contributed by atoms with Gasteiger partial charge in [0, 0.05) is 9.52 Å². The third-order valence-corrected chi connectivity index (χ3v) is 1.99. The number of fused-ring (bicyclic) bond motifs is 1. The van der Waals surface area contributed by atoms with Crippen LogP contribution in [0.5, 0.6) is 0 Å². The molecule has 20 heavy (non-hydrogen) atoms. The minimum absolute atomic E-state index is 0. The molecule has 2 radical (unpaired) electrons. The molecule has 0 unspecified atom stereocenters. The Bertz CT molecular complexity index is 450. The topological polar surface area (TPSA) is 15.8 Å². The van der Waals surface area contributed by atoms with Crippen LogP contribution < -0.4 is 24.8 Å². The molecule has 0 aliphatic carbocycles. The molecule has 0 aliphatic heterocycles. The van der Waals surface area contributed by atoms with Gasteiger partial charge in [-0.2, -0.15) is 35.8 Å². The van der Waals surface area contributed by atoms with Gasteiger partial charge in [0.2, 0.25) is 0 Å². The second-order valence-corrected chi connectivity index (χ2v) is 4.47. The summed E-state index contributed by atoms with van der Waals surface area (Å²) in [6, 6.07) is 18.4. The average Bonchev–Trinajstić information content (AvgIpc) is 3.05. The molecule has 0 saturated heterocycles. The number of aromatic amines is 1. The van der Waals surface area contributed by atoms with Gasteiger partial charge in [-0.25, -0.2) is 0 Å². The number of hydrogen-bond donors (Lipinski definition) is 1. The Morgan fingerprint density at radius 3 is 2.15 bits per heavy atom. The van der Waals surface area contributed by atoms with E-state index in [9.17, 15) is 0 Å². The maximum Gasteiger partial charge on any atom is 4.00 e. The van der Waals surface area contributed by atoms with Crippen molar-refractivity contribution in [2.45, 2.75) is 13.1 Å². The molecule has 0 amide bonds. The van der Waals surface area contributed by atoms with Crippen LogP contribution in [0.3, 0.4) is 0 Å². The van der Waals surface area contributed by atoms with E-state index in [-0.39, 0.29) is 46.5 Å². The first-order valence-corrected chi connectivity index (χ1v) is 7.57. The fourth-order valence-corrected chi connectivity index (χ4v) is 1.31. The molecule has 3 rings (SSSR count). The number of hydrogen-bond acceptors (Lipinski definition) is 0. The van der Waals surface area contributed by atoms with Crippen molar-refractivity contribution >= 4 is 20.3 Å². The number of benzene rings is 1. The molecule has 5 heteroatoms. The Morgan fingerprint density at radius 2 is 1.70 bits per heavy atom.